The van der Waals surface area contributed by atoms with E-state index < -0.39 is 11.7 Å². The number of anilines is 2. The minimum Gasteiger partial charge on any atom is -0.487 e. The van der Waals surface area contributed by atoms with E-state index in [0.29, 0.717) is 44.5 Å². The smallest absolute Gasteiger partial charge is 0.259 e. The number of carbonyl (C=O) groups is 1. The first-order valence-corrected chi connectivity index (χ1v) is 8.69. The van der Waals surface area contributed by atoms with E-state index in [9.17, 15) is 9.18 Å². The number of thiophene rings is 1. The Hall–Kier alpha value is -2.78. The lowest BCUT2D eigenvalue weighted by Gasteiger charge is -2.17. The van der Waals surface area contributed by atoms with Gasteiger partial charge in [-0.1, -0.05) is 0 Å². The Balaban J connectivity index is 2.06. The van der Waals surface area contributed by atoms with Crippen LogP contribution in [0.5, 0.6) is 5.75 Å². The second kappa shape index (κ2) is 7.22. The Morgan fingerprint density at radius 3 is 2.88 bits per heavy atom. The fourth-order valence-corrected chi connectivity index (χ4v) is 3.49. The van der Waals surface area contributed by atoms with Gasteiger partial charge in [0.05, 0.1) is 16.0 Å². The average Bonchev–Trinajstić information content (AvgIpc) is 2.95. The zero-order valence-electron chi connectivity index (χ0n) is 14.2. The molecule has 0 spiro atoms. The van der Waals surface area contributed by atoms with Crippen molar-refractivity contribution in [3.63, 3.8) is 0 Å². The van der Waals surface area contributed by atoms with Crippen LogP contribution >= 0.6 is 11.3 Å². The number of nitrogens with zero attached hydrogens (tertiary/aromatic N) is 2. The van der Waals surface area contributed by atoms with Crippen LogP contribution in [-0.2, 0) is 0 Å². The highest BCUT2D eigenvalue weighted by Crippen LogP contribution is 2.36. The van der Waals surface area contributed by atoms with Gasteiger partial charge in [0, 0.05) is 12.6 Å². The third kappa shape index (κ3) is 3.44. The zero-order chi connectivity index (χ0) is 18.8. The molecule has 0 aliphatic heterocycles. The van der Waals surface area contributed by atoms with Crippen molar-refractivity contribution in [2.45, 2.75) is 20.0 Å². The Bertz CT molecular complexity index is 975. The van der Waals surface area contributed by atoms with Crippen LogP contribution in [0.25, 0.3) is 10.2 Å². The molecule has 2 heterocycles. The predicted octanol–water partition coefficient (Wildman–Crippen LogP) is 2.71. The highest BCUT2D eigenvalue weighted by molar-refractivity contribution is 7.20. The van der Waals surface area contributed by atoms with Crippen molar-refractivity contribution >= 4 is 39.0 Å². The molecule has 2 aromatic heterocycles. The fraction of sp³-hybridized carbons (Fsp3) is 0.235. The number of hydrogen-bond donors (Lipinski definition) is 3. The van der Waals surface area contributed by atoms with Gasteiger partial charge in [-0.2, -0.15) is 0 Å². The SMILES string of the molecule is Cc1c(C(N)=O)sc2ncnc(Nc3ccc(F)cc3OC(C)CN)c12. The number of carbonyl (C=O) groups excluding carboxylic acids is 1. The number of nitrogens with two attached hydrogens (primary N) is 2. The van der Waals surface area contributed by atoms with E-state index in [0.717, 1.165) is 0 Å². The molecule has 1 atom stereocenters. The number of fused-ring (bicyclic) bond motifs is 1. The second-order valence-electron chi connectivity index (χ2n) is 5.75. The molecule has 0 aliphatic rings. The third-order valence-electron chi connectivity index (χ3n) is 3.81. The van der Waals surface area contributed by atoms with Gasteiger partial charge in [0.25, 0.3) is 5.91 Å². The molecule has 3 rings (SSSR count). The molecular formula is C17H18FN5O2S. The number of ether oxygens (including phenoxy) is 1. The first-order valence-electron chi connectivity index (χ1n) is 7.88. The lowest BCUT2D eigenvalue weighted by atomic mass is 10.2. The summed E-state index contributed by atoms with van der Waals surface area (Å²) in [7, 11) is 0. The van der Waals surface area contributed by atoms with Crippen LogP contribution in [0, 0.1) is 12.7 Å². The quantitative estimate of drug-likeness (QED) is 0.610. The van der Waals surface area contributed by atoms with Crippen molar-refractivity contribution in [2.24, 2.45) is 11.5 Å². The van der Waals surface area contributed by atoms with Gasteiger partial charge < -0.3 is 21.5 Å². The van der Waals surface area contributed by atoms with Crippen molar-refractivity contribution < 1.29 is 13.9 Å². The Morgan fingerprint density at radius 1 is 1.42 bits per heavy atom. The predicted molar refractivity (Wildman–Crippen MR) is 99.5 cm³/mol. The van der Waals surface area contributed by atoms with Gasteiger partial charge in [-0.3, -0.25) is 4.79 Å². The third-order valence-corrected chi connectivity index (χ3v) is 5.02. The molecule has 136 valence electrons. The lowest BCUT2D eigenvalue weighted by Crippen LogP contribution is -2.23. The first kappa shape index (κ1) is 18.0. The van der Waals surface area contributed by atoms with E-state index in [2.05, 4.69) is 15.3 Å². The molecule has 1 amide bonds. The lowest BCUT2D eigenvalue weighted by molar-refractivity contribution is 0.100. The second-order valence-corrected chi connectivity index (χ2v) is 6.75. The maximum Gasteiger partial charge on any atom is 0.259 e. The average molecular weight is 375 g/mol. The minimum absolute atomic E-state index is 0.285. The van der Waals surface area contributed by atoms with Gasteiger partial charge >= 0.3 is 0 Å². The fourth-order valence-electron chi connectivity index (χ4n) is 2.49. The summed E-state index contributed by atoms with van der Waals surface area (Å²) in [6, 6.07) is 4.15. The molecular weight excluding hydrogens is 357 g/mol. The van der Waals surface area contributed by atoms with Crippen LogP contribution in [-0.4, -0.2) is 28.5 Å². The number of aromatic nitrogens is 2. The van der Waals surface area contributed by atoms with Gasteiger partial charge in [0.15, 0.2) is 0 Å². The van der Waals surface area contributed by atoms with Crippen molar-refractivity contribution in [3.8, 4) is 5.75 Å². The summed E-state index contributed by atoms with van der Waals surface area (Å²) in [6.45, 7) is 3.87. The van der Waals surface area contributed by atoms with Gasteiger partial charge in [-0.05, 0) is 31.5 Å². The summed E-state index contributed by atoms with van der Waals surface area (Å²) in [4.78, 5) is 21.1. The van der Waals surface area contributed by atoms with Crippen LogP contribution in [0.4, 0.5) is 15.9 Å². The molecule has 26 heavy (non-hydrogen) atoms. The van der Waals surface area contributed by atoms with Crippen molar-refractivity contribution in [1.82, 2.24) is 9.97 Å². The number of primary amides is 1. The van der Waals surface area contributed by atoms with Gasteiger partial charge in [0.2, 0.25) is 0 Å². The monoisotopic (exact) mass is 375 g/mol. The number of amides is 1. The number of nitrogens with one attached hydrogen (secondary N) is 1. The molecule has 0 saturated heterocycles. The van der Waals surface area contributed by atoms with E-state index in [4.69, 9.17) is 16.2 Å². The van der Waals surface area contributed by atoms with Gasteiger partial charge in [-0.15, -0.1) is 11.3 Å². The summed E-state index contributed by atoms with van der Waals surface area (Å²) in [5, 5.41) is 3.82. The number of rotatable bonds is 6. The molecule has 0 bridgehead atoms. The molecule has 3 aromatic rings. The van der Waals surface area contributed by atoms with E-state index >= 15 is 0 Å². The van der Waals surface area contributed by atoms with Crippen LogP contribution in [0.1, 0.15) is 22.2 Å². The van der Waals surface area contributed by atoms with E-state index in [-0.39, 0.29) is 6.10 Å². The molecule has 9 heteroatoms. The molecule has 1 unspecified atom stereocenters. The summed E-state index contributed by atoms with van der Waals surface area (Å²) < 4.78 is 19.3. The molecule has 1 aromatic carbocycles. The Morgan fingerprint density at radius 2 is 2.19 bits per heavy atom. The first-order chi connectivity index (χ1) is 12.4. The van der Waals surface area contributed by atoms with Crippen molar-refractivity contribution in [1.29, 1.82) is 0 Å². The maximum atomic E-state index is 13.6. The van der Waals surface area contributed by atoms with Crippen LogP contribution in [0.15, 0.2) is 24.5 Å². The zero-order valence-corrected chi connectivity index (χ0v) is 15.1. The summed E-state index contributed by atoms with van der Waals surface area (Å²) in [6.07, 6.45) is 1.10. The molecule has 7 nitrogen and oxygen atoms in total. The highest BCUT2D eigenvalue weighted by Gasteiger charge is 2.18. The number of halogens is 1. The highest BCUT2D eigenvalue weighted by atomic mass is 32.1. The Labute approximate surface area is 153 Å². The van der Waals surface area contributed by atoms with Crippen LogP contribution in [0.3, 0.4) is 0 Å². The van der Waals surface area contributed by atoms with Gasteiger partial charge in [0.1, 0.15) is 34.6 Å². The van der Waals surface area contributed by atoms with Crippen molar-refractivity contribution in [3.05, 3.63) is 40.8 Å². The Kier molecular flexibility index (Phi) is 5.01. The van der Waals surface area contributed by atoms with E-state index in [1.54, 1.807) is 19.9 Å². The number of hydrogen-bond acceptors (Lipinski definition) is 7. The topological polar surface area (TPSA) is 116 Å². The molecule has 0 radical (unpaired) electrons. The summed E-state index contributed by atoms with van der Waals surface area (Å²) in [5.41, 5.74) is 12.2. The van der Waals surface area contributed by atoms with Crippen molar-refractivity contribution in [2.75, 3.05) is 11.9 Å². The standard InChI is InChI=1S/C17H18FN5O2S/c1-8(6-19)25-12-5-10(18)3-4-11(12)23-16-13-9(2)14(15(20)24)26-17(13)22-7-21-16/h3-5,7-8H,6,19H2,1-2H3,(H2,20,24)(H,21,22,23). The number of benzene rings is 1. The molecule has 0 saturated carbocycles. The van der Waals surface area contributed by atoms with E-state index in [1.165, 1.54) is 29.8 Å². The largest absolute Gasteiger partial charge is 0.487 e. The van der Waals surface area contributed by atoms with Crippen LogP contribution < -0.4 is 21.5 Å². The maximum absolute atomic E-state index is 13.6. The normalized spacial score (nSPS) is 12.2. The molecule has 0 aliphatic carbocycles. The molecule has 5 N–H and O–H groups in total. The summed E-state index contributed by atoms with van der Waals surface area (Å²) >= 11 is 1.20. The number of aryl methyl sites for hydroxylation is 1. The molecule has 0 fully saturated rings. The summed E-state index contributed by atoms with van der Waals surface area (Å²) in [5.74, 6) is -0.143. The van der Waals surface area contributed by atoms with E-state index in [1.807, 2.05) is 0 Å². The van der Waals surface area contributed by atoms with Crippen LogP contribution in [0.2, 0.25) is 0 Å². The minimum atomic E-state index is -0.515. The van der Waals surface area contributed by atoms with Gasteiger partial charge in [-0.25, -0.2) is 14.4 Å².